The Bertz CT molecular complexity index is 511. The monoisotopic (exact) mass is 233 g/mol. The number of likely N-dealkylation sites (N-methyl/N-ethyl adjacent to an activating group) is 1. The molecule has 5 heteroatoms. The molecule has 0 fully saturated rings. The Kier molecular flexibility index (Phi) is 4.05. The molecule has 1 aromatic heterocycles. The predicted molar refractivity (Wildman–Crippen MR) is 63.3 cm³/mol. The van der Waals surface area contributed by atoms with Crippen LogP contribution in [0.4, 0.5) is 0 Å². The molecule has 0 aromatic carbocycles. The highest BCUT2D eigenvalue weighted by molar-refractivity contribution is 5.76. The van der Waals surface area contributed by atoms with Crippen molar-refractivity contribution >= 4 is 5.91 Å². The highest BCUT2D eigenvalue weighted by Crippen LogP contribution is 1.97. The number of pyridine rings is 1. The summed E-state index contributed by atoms with van der Waals surface area (Å²) >= 11 is 0. The molecular weight excluding hydrogens is 218 g/mol. The molecule has 0 aliphatic carbocycles. The van der Waals surface area contributed by atoms with Gasteiger partial charge in [-0.15, -0.1) is 0 Å². The summed E-state index contributed by atoms with van der Waals surface area (Å²) in [4.78, 5) is 25.0. The summed E-state index contributed by atoms with van der Waals surface area (Å²) in [7, 11) is 1.69. The quantitative estimate of drug-likeness (QED) is 0.767. The van der Waals surface area contributed by atoms with Gasteiger partial charge in [0.25, 0.3) is 5.56 Å². The van der Waals surface area contributed by atoms with Gasteiger partial charge in [0.2, 0.25) is 5.91 Å². The lowest BCUT2D eigenvalue weighted by Crippen LogP contribution is -2.38. The van der Waals surface area contributed by atoms with Crippen molar-refractivity contribution in [1.29, 1.82) is 5.26 Å². The van der Waals surface area contributed by atoms with E-state index in [2.05, 4.69) is 0 Å². The normalized spacial score (nSPS) is 10.1. The lowest BCUT2D eigenvalue weighted by molar-refractivity contribution is -0.132. The summed E-state index contributed by atoms with van der Waals surface area (Å²) in [5.74, 6) is -0.155. The number of aromatic nitrogens is 1. The van der Waals surface area contributed by atoms with Gasteiger partial charge in [0, 0.05) is 19.3 Å². The van der Waals surface area contributed by atoms with Gasteiger partial charge in [-0.25, -0.2) is 0 Å². The second-order valence-corrected chi connectivity index (χ2v) is 4.07. The number of amides is 1. The van der Waals surface area contributed by atoms with Crippen LogP contribution in [0.2, 0.25) is 0 Å². The van der Waals surface area contributed by atoms with Gasteiger partial charge in [0.15, 0.2) is 0 Å². The number of carbonyl (C=O) groups is 1. The third-order valence-corrected chi connectivity index (χ3v) is 2.61. The molecule has 0 radical (unpaired) electrons. The van der Waals surface area contributed by atoms with Crippen LogP contribution in [0.5, 0.6) is 0 Å². The van der Waals surface area contributed by atoms with Crippen molar-refractivity contribution in [3.63, 3.8) is 0 Å². The van der Waals surface area contributed by atoms with Crippen molar-refractivity contribution in [2.75, 3.05) is 7.05 Å². The largest absolute Gasteiger partial charge is 0.342 e. The van der Waals surface area contributed by atoms with Crippen molar-refractivity contribution < 1.29 is 4.79 Å². The standard InChI is InChI=1S/C12H15N3O2/c1-9(2)14(3)11(16)8-15-6-4-5-10(7-13)12(15)17/h4-6,9H,8H2,1-3H3. The molecule has 17 heavy (non-hydrogen) atoms. The minimum absolute atomic E-state index is 0.0387. The smallest absolute Gasteiger partial charge is 0.268 e. The van der Waals surface area contributed by atoms with E-state index in [1.807, 2.05) is 13.8 Å². The first-order chi connectivity index (χ1) is 7.97. The van der Waals surface area contributed by atoms with E-state index in [0.29, 0.717) is 0 Å². The third-order valence-electron chi connectivity index (χ3n) is 2.61. The Balaban J connectivity index is 2.94. The maximum atomic E-state index is 11.8. The van der Waals surface area contributed by atoms with Gasteiger partial charge in [-0.2, -0.15) is 5.26 Å². The van der Waals surface area contributed by atoms with E-state index in [4.69, 9.17) is 5.26 Å². The number of rotatable bonds is 3. The van der Waals surface area contributed by atoms with Crippen LogP contribution in [0.3, 0.4) is 0 Å². The average Bonchev–Trinajstić information content (AvgIpc) is 2.30. The fourth-order valence-corrected chi connectivity index (χ4v) is 1.29. The molecule has 0 N–H and O–H groups in total. The second-order valence-electron chi connectivity index (χ2n) is 4.07. The predicted octanol–water partition coefficient (Wildman–Crippen LogP) is 0.587. The van der Waals surface area contributed by atoms with Crippen LogP contribution < -0.4 is 5.56 Å². The van der Waals surface area contributed by atoms with E-state index in [9.17, 15) is 9.59 Å². The second kappa shape index (κ2) is 5.30. The Hall–Kier alpha value is -2.09. The first-order valence-electron chi connectivity index (χ1n) is 5.32. The van der Waals surface area contributed by atoms with Crippen LogP contribution in [0.15, 0.2) is 23.1 Å². The Morgan fingerprint density at radius 1 is 1.59 bits per heavy atom. The first kappa shape index (κ1) is 13.0. The number of hydrogen-bond acceptors (Lipinski definition) is 3. The molecule has 5 nitrogen and oxygen atoms in total. The van der Waals surface area contributed by atoms with Gasteiger partial charge in [-0.3, -0.25) is 9.59 Å². The molecule has 0 unspecified atom stereocenters. The topological polar surface area (TPSA) is 66.1 Å². The van der Waals surface area contributed by atoms with Crippen LogP contribution in [-0.4, -0.2) is 28.5 Å². The first-order valence-corrected chi connectivity index (χ1v) is 5.32. The molecule has 0 aliphatic rings. The SMILES string of the molecule is CC(C)N(C)C(=O)Cn1cccc(C#N)c1=O. The van der Waals surface area contributed by atoms with E-state index in [1.165, 1.54) is 16.8 Å². The van der Waals surface area contributed by atoms with Crippen LogP contribution >= 0.6 is 0 Å². The zero-order chi connectivity index (χ0) is 13.0. The van der Waals surface area contributed by atoms with E-state index in [1.54, 1.807) is 24.1 Å². The van der Waals surface area contributed by atoms with Crippen molar-refractivity contribution in [3.05, 3.63) is 34.2 Å². The molecule has 0 spiro atoms. The molecule has 1 amide bonds. The molecule has 0 aliphatic heterocycles. The fraction of sp³-hybridized carbons (Fsp3) is 0.417. The lowest BCUT2D eigenvalue weighted by atomic mass is 10.3. The number of hydrogen-bond donors (Lipinski definition) is 0. The van der Waals surface area contributed by atoms with Gasteiger partial charge in [0.1, 0.15) is 18.2 Å². The van der Waals surface area contributed by atoms with Crippen molar-refractivity contribution in [2.45, 2.75) is 26.4 Å². The van der Waals surface area contributed by atoms with E-state index in [0.717, 1.165) is 0 Å². The molecule has 1 aromatic rings. The summed E-state index contributed by atoms with van der Waals surface area (Å²) in [6.07, 6.45) is 1.51. The summed E-state index contributed by atoms with van der Waals surface area (Å²) in [5, 5.41) is 8.72. The van der Waals surface area contributed by atoms with Crippen molar-refractivity contribution in [3.8, 4) is 6.07 Å². The molecule has 90 valence electrons. The maximum Gasteiger partial charge on any atom is 0.268 e. The highest BCUT2D eigenvalue weighted by Gasteiger charge is 2.13. The van der Waals surface area contributed by atoms with Gasteiger partial charge >= 0.3 is 0 Å². The summed E-state index contributed by atoms with van der Waals surface area (Å²) in [5.41, 5.74) is -0.381. The van der Waals surface area contributed by atoms with Crippen LogP contribution in [-0.2, 0) is 11.3 Å². The van der Waals surface area contributed by atoms with Gasteiger partial charge in [-0.1, -0.05) is 0 Å². The lowest BCUT2D eigenvalue weighted by Gasteiger charge is -2.21. The van der Waals surface area contributed by atoms with Crippen LogP contribution in [0.1, 0.15) is 19.4 Å². The van der Waals surface area contributed by atoms with Crippen molar-refractivity contribution in [2.24, 2.45) is 0 Å². The molecular formula is C12H15N3O2. The summed E-state index contributed by atoms with van der Waals surface area (Å²) in [6, 6.07) is 4.91. The minimum atomic E-state index is -0.430. The number of carbonyl (C=O) groups excluding carboxylic acids is 1. The van der Waals surface area contributed by atoms with E-state index >= 15 is 0 Å². The van der Waals surface area contributed by atoms with Gasteiger partial charge < -0.3 is 9.47 Å². The molecule has 0 saturated carbocycles. The minimum Gasteiger partial charge on any atom is -0.342 e. The molecule has 1 heterocycles. The third kappa shape index (κ3) is 2.94. The van der Waals surface area contributed by atoms with E-state index in [-0.39, 0.29) is 24.1 Å². The fourth-order valence-electron chi connectivity index (χ4n) is 1.29. The summed E-state index contributed by atoms with van der Waals surface area (Å²) < 4.78 is 1.25. The van der Waals surface area contributed by atoms with E-state index < -0.39 is 5.56 Å². The Morgan fingerprint density at radius 2 is 2.24 bits per heavy atom. The maximum absolute atomic E-state index is 11.8. The summed E-state index contributed by atoms with van der Waals surface area (Å²) in [6.45, 7) is 3.75. The van der Waals surface area contributed by atoms with Gasteiger partial charge in [-0.05, 0) is 26.0 Å². The molecule has 0 bridgehead atoms. The molecule has 1 rings (SSSR count). The van der Waals surface area contributed by atoms with Gasteiger partial charge in [0.05, 0.1) is 0 Å². The van der Waals surface area contributed by atoms with Crippen molar-refractivity contribution in [1.82, 2.24) is 9.47 Å². The zero-order valence-corrected chi connectivity index (χ0v) is 10.2. The average molecular weight is 233 g/mol. The van der Waals surface area contributed by atoms with Crippen LogP contribution in [0, 0.1) is 11.3 Å². The zero-order valence-electron chi connectivity index (χ0n) is 10.2. The Morgan fingerprint density at radius 3 is 2.76 bits per heavy atom. The number of nitrogens with zero attached hydrogens (tertiary/aromatic N) is 3. The highest BCUT2D eigenvalue weighted by atomic mass is 16.2. The Labute approximate surface area is 99.9 Å². The molecule has 0 saturated heterocycles. The molecule has 0 atom stereocenters. The van der Waals surface area contributed by atoms with Crippen LogP contribution in [0.25, 0.3) is 0 Å². The number of nitriles is 1.